The molecule has 2 unspecified atom stereocenters. The molecule has 1 heterocycles. The van der Waals surface area contributed by atoms with Gasteiger partial charge in [-0.25, -0.2) is 0 Å². The fraction of sp³-hybridized carbons (Fsp3) is 0.647. The van der Waals surface area contributed by atoms with Gasteiger partial charge in [-0.1, -0.05) is 0 Å². The van der Waals surface area contributed by atoms with E-state index in [0.29, 0.717) is 12.2 Å². The summed E-state index contributed by atoms with van der Waals surface area (Å²) in [5, 5.41) is 3.56. The van der Waals surface area contributed by atoms with Crippen molar-refractivity contribution in [2.45, 2.75) is 43.9 Å². The Morgan fingerprint density at radius 1 is 1.14 bits per heavy atom. The van der Waals surface area contributed by atoms with E-state index >= 15 is 0 Å². The lowest BCUT2D eigenvalue weighted by Gasteiger charge is -2.23. The average molecular weight is 290 g/mol. The van der Waals surface area contributed by atoms with Crippen molar-refractivity contribution in [1.82, 2.24) is 5.32 Å². The minimum Gasteiger partial charge on any atom is -0.497 e. The molecular weight excluding hydrogens is 264 g/mol. The summed E-state index contributed by atoms with van der Waals surface area (Å²) in [5.41, 5.74) is 1.21. The summed E-state index contributed by atoms with van der Waals surface area (Å²) in [5.74, 6) is 0.899. The lowest BCUT2D eigenvalue weighted by Crippen LogP contribution is -2.32. The van der Waals surface area contributed by atoms with Gasteiger partial charge in [0.15, 0.2) is 0 Å². The van der Waals surface area contributed by atoms with E-state index in [2.05, 4.69) is 29.4 Å². The Bertz CT molecular complexity index is 445. The van der Waals surface area contributed by atoms with Crippen LogP contribution in [0, 0.1) is 0 Å². The zero-order valence-electron chi connectivity index (χ0n) is 13.0. The van der Waals surface area contributed by atoms with Gasteiger partial charge in [0.05, 0.1) is 19.3 Å². The second-order valence-corrected chi connectivity index (χ2v) is 6.22. The first-order valence-electron chi connectivity index (χ1n) is 7.98. The quantitative estimate of drug-likeness (QED) is 0.836. The number of methoxy groups -OCH3 is 1. The Morgan fingerprint density at radius 3 is 2.52 bits per heavy atom. The van der Waals surface area contributed by atoms with Gasteiger partial charge in [-0.2, -0.15) is 0 Å². The largest absolute Gasteiger partial charge is 0.497 e. The lowest BCUT2D eigenvalue weighted by atomic mass is 10.2. The van der Waals surface area contributed by atoms with Crippen LogP contribution in [0.3, 0.4) is 0 Å². The van der Waals surface area contributed by atoms with E-state index in [1.54, 1.807) is 7.11 Å². The minimum absolute atomic E-state index is 0.350. The van der Waals surface area contributed by atoms with Crippen molar-refractivity contribution in [3.05, 3.63) is 24.3 Å². The average Bonchev–Trinajstić information content (AvgIpc) is 3.25. The molecule has 4 nitrogen and oxygen atoms in total. The Morgan fingerprint density at radius 2 is 1.86 bits per heavy atom. The molecule has 2 fully saturated rings. The van der Waals surface area contributed by atoms with Crippen molar-refractivity contribution in [2.24, 2.45) is 0 Å². The molecule has 1 aromatic carbocycles. The third-order valence-corrected chi connectivity index (χ3v) is 4.40. The molecule has 21 heavy (non-hydrogen) atoms. The number of likely N-dealkylation sites (N-methyl/N-ethyl adjacent to an activating group) is 1. The zero-order valence-corrected chi connectivity index (χ0v) is 13.0. The lowest BCUT2D eigenvalue weighted by molar-refractivity contribution is 0.0498. The number of hydrogen-bond donors (Lipinski definition) is 1. The van der Waals surface area contributed by atoms with Crippen molar-refractivity contribution >= 4 is 5.69 Å². The van der Waals surface area contributed by atoms with E-state index in [4.69, 9.17) is 9.47 Å². The molecule has 4 heteroatoms. The predicted octanol–water partition coefficient (Wildman–Crippen LogP) is 2.43. The molecule has 0 aromatic heterocycles. The maximum Gasteiger partial charge on any atom is 0.119 e. The van der Waals surface area contributed by atoms with E-state index in [1.165, 1.54) is 24.9 Å². The monoisotopic (exact) mass is 290 g/mol. The smallest absolute Gasteiger partial charge is 0.119 e. The highest BCUT2D eigenvalue weighted by molar-refractivity contribution is 5.48. The van der Waals surface area contributed by atoms with Crippen LogP contribution in [0.2, 0.25) is 0 Å². The van der Waals surface area contributed by atoms with E-state index < -0.39 is 0 Å². The van der Waals surface area contributed by atoms with Crippen molar-refractivity contribution in [3.63, 3.8) is 0 Å². The van der Waals surface area contributed by atoms with Gasteiger partial charge in [0.25, 0.3) is 0 Å². The first kappa shape index (κ1) is 14.7. The number of anilines is 1. The number of ether oxygens (including phenoxy) is 2. The summed E-state index contributed by atoms with van der Waals surface area (Å²) in [6, 6.07) is 8.97. The molecule has 2 atom stereocenters. The standard InChI is InChI=1S/C17H26N2O2/c1-19(14-5-7-15(20-2)8-6-14)12-17-10-9-16(21-17)11-18-13-3-4-13/h5-8,13,16-18H,3-4,9-12H2,1-2H3. The number of hydrogen-bond acceptors (Lipinski definition) is 4. The SMILES string of the molecule is COc1ccc(N(C)CC2CCC(CNC3CC3)O2)cc1. The summed E-state index contributed by atoms with van der Waals surface area (Å²) in [6.45, 7) is 1.97. The highest BCUT2D eigenvalue weighted by Crippen LogP contribution is 2.25. The Hall–Kier alpha value is -1.26. The molecule has 1 saturated heterocycles. The summed E-state index contributed by atoms with van der Waals surface area (Å²) < 4.78 is 11.3. The molecule has 1 aromatic rings. The van der Waals surface area contributed by atoms with Gasteiger partial charge in [0.1, 0.15) is 5.75 Å². The summed E-state index contributed by atoms with van der Waals surface area (Å²) >= 11 is 0. The van der Waals surface area contributed by atoms with Crippen molar-refractivity contribution in [1.29, 1.82) is 0 Å². The molecule has 1 saturated carbocycles. The molecule has 0 spiro atoms. The van der Waals surface area contributed by atoms with Gasteiger partial charge < -0.3 is 19.7 Å². The van der Waals surface area contributed by atoms with Crippen LogP contribution in [0.4, 0.5) is 5.69 Å². The molecule has 1 aliphatic carbocycles. The van der Waals surface area contributed by atoms with Crippen LogP contribution >= 0.6 is 0 Å². The Balaban J connectivity index is 1.44. The van der Waals surface area contributed by atoms with E-state index in [-0.39, 0.29) is 0 Å². The fourth-order valence-electron chi connectivity index (χ4n) is 2.90. The van der Waals surface area contributed by atoms with Gasteiger partial charge in [-0.3, -0.25) is 0 Å². The van der Waals surface area contributed by atoms with Crippen LogP contribution < -0.4 is 15.0 Å². The van der Waals surface area contributed by atoms with Crippen molar-refractivity contribution < 1.29 is 9.47 Å². The number of rotatable bonds is 7. The number of benzene rings is 1. The topological polar surface area (TPSA) is 33.7 Å². The molecular formula is C17H26N2O2. The van der Waals surface area contributed by atoms with Gasteiger partial charge in [-0.15, -0.1) is 0 Å². The first-order valence-corrected chi connectivity index (χ1v) is 7.98. The van der Waals surface area contributed by atoms with E-state index in [9.17, 15) is 0 Å². The van der Waals surface area contributed by atoms with E-state index in [1.807, 2.05) is 12.1 Å². The van der Waals surface area contributed by atoms with Gasteiger partial charge in [0.2, 0.25) is 0 Å². The zero-order chi connectivity index (χ0) is 14.7. The maximum absolute atomic E-state index is 6.15. The Kier molecular flexibility index (Phi) is 4.66. The molecule has 2 aliphatic rings. The molecule has 116 valence electrons. The highest BCUT2D eigenvalue weighted by Gasteiger charge is 2.28. The second-order valence-electron chi connectivity index (χ2n) is 6.22. The van der Waals surface area contributed by atoms with Crippen LogP contribution in [0.1, 0.15) is 25.7 Å². The molecule has 0 bridgehead atoms. The van der Waals surface area contributed by atoms with Crippen molar-refractivity contribution in [3.8, 4) is 5.75 Å². The molecule has 1 N–H and O–H groups in total. The molecule has 0 amide bonds. The summed E-state index contributed by atoms with van der Waals surface area (Å²) in [6.07, 6.45) is 5.79. The highest BCUT2D eigenvalue weighted by atomic mass is 16.5. The minimum atomic E-state index is 0.350. The predicted molar refractivity (Wildman–Crippen MR) is 85.2 cm³/mol. The van der Waals surface area contributed by atoms with E-state index in [0.717, 1.165) is 31.3 Å². The van der Waals surface area contributed by atoms with Gasteiger partial charge >= 0.3 is 0 Å². The van der Waals surface area contributed by atoms with Crippen LogP contribution in [0.5, 0.6) is 5.75 Å². The third kappa shape index (κ3) is 4.11. The Labute approximate surface area is 127 Å². The second kappa shape index (κ2) is 6.67. The molecule has 0 radical (unpaired) electrons. The fourth-order valence-corrected chi connectivity index (χ4v) is 2.90. The molecule has 1 aliphatic heterocycles. The third-order valence-electron chi connectivity index (χ3n) is 4.40. The van der Waals surface area contributed by atoms with Crippen LogP contribution in [-0.4, -0.2) is 45.5 Å². The van der Waals surface area contributed by atoms with Crippen LogP contribution in [0.25, 0.3) is 0 Å². The normalized spacial score (nSPS) is 25.0. The summed E-state index contributed by atoms with van der Waals surface area (Å²) in [4.78, 5) is 2.26. The maximum atomic E-state index is 6.15. The molecule has 3 rings (SSSR count). The van der Waals surface area contributed by atoms with Crippen LogP contribution in [-0.2, 0) is 4.74 Å². The van der Waals surface area contributed by atoms with Gasteiger partial charge in [0, 0.05) is 31.9 Å². The first-order chi connectivity index (χ1) is 10.2. The summed E-state index contributed by atoms with van der Waals surface area (Å²) in [7, 11) is 3.82. The van der Waals surface area contributed by atoms with Crippen LogP contribution in [0.15, 0.2) is 24.3 Å². The number of nitrogens with zero attached hydrogens (tertiary/aromatic N) is 1. The van der Waals surface area contributed by atoms with Gasteiger partial charge in [-0.05, 0) is 49.9 Å². The van der Waals surface area contributed by atoms with Crippen molar-refractivity contribution in [2.75, 3.05) is 32.1 Å². The number of nitrogens with one attached hydrogen (secondary N) is 1.